The Balaban J connectivity index is 0.789. The second-order valence-corrected chi connectivity index (χ2v) is 18.5. The molecule has 4 aromatic rings. The topological polar surface area (TPSA) is 184 Å². The summed E-state index contributed by atoms with van der Waals surface area (Å²) in [5, 5.41) is 9.79. The molecule has 0 radical (unpaired) electrons. The molecule has 3 saturated heterocycles. The number of hydrogen-bond acceptors (Lipinski definition) is 13. The Kier molecular flexibility index (Phi) is 11.9. The van der Waals surface area contributed by atoms with Gasteiger partial charge in [0, 0.05) is 81.9 Å². The molecule has 1 spiro atoms. The number of carbonyl (C=O) groups excluding carboxylic acids is 4. The van der Waals surface area contributed by atoms with E-state index >= 15 is 0 Å². The lowest BCUT2D eigenvalue weighted by atomic mass is 9.65. The first-order valence-electron chi connectivity index (χ1n) is 22.3. The maximum absolute atomic E-state index is 13.9. The third-order valence-electron chi connectivity index (χ3n) is 13.7. The van der Waals surface area contributed by atoms with E-state index in [-0.39, 0.29) is 46.8 Å². The van der Waals surface area contributed by atoms with E-state index in [2.05, 4.69) is 35.6 Å². The Bertz CT molecular complexity index is 2560. The molecule has 64 heavy (non-hydrogen) atoms. The predicted octanol–water partition coefficient (Wildman–Crippen LogP) is 4.60. The summed E-state index contributed by atoms with van der Waals surface area (Å²) < 4.78 is 12.8. The van der Waals surface area contributed by atoms with Crippen LogP contribution in [0.2, 0.25) is 5.02 Å². The number of ether oxygens (including phenoxy) is 2. The van der Waals surface area contributed by atoms with Crippen molar-refractivity contribution in [1.29, 1.82) is 0 Å². The van der Waals surface area contributed by atoms with Crippen molar-refractivity contribution in [2.75, 3.05) is 88.2 Å². The number of amides is 4. The maximum Gasteiger partial charge on any atom is 0.293 e. The predicted molar refractivity (Wildman–Crippen MR) is 243 cm³/mol. The first-order chi connectivity index (χ1) is 30.9. The van der Waals surface area contributed by atoms with E-state index in [0.29, 0.717) is 59.1 Å². The van der Waals surface area contributed by atoms with Crippen LogP contribution in [0.3, 0.4) is 0 Å². The van der Waals surface area contributed by atoms with Crippen LogP contribution in [-0.4, -0.2) is 127 Å². The number of benzene rings is 2. The van der Waals surface area contributed by atoms with Gasteiger partial charge in [0.15, 0.2) is 18.2 Å². The number of halogens is 1. The van der Waals surface area contributed by atoms with E-state index in [4.69, 9.17) is 26.1 Å². The number of fused-ring (bicyclic) bond motifs is 2. The van der Waals surface area contributed by atoms with Crippen molar-refractivity contribution in [2.24, 2.45) is 11.3 Å². The third kappa shape index (κ3) is 8.08. The monoisotopic (exact) mass is 894 g/mol. The highest BCUT2D eigenvalue weighted by molar-refractivity contribution is 6.33. The second kappa shape index (κ2) is 17.6. The lowest BCUT2D eigenvalue weighted by Crippen LogP contribution is -2.58. The van der Waals surface area contributed by atoms with Crippen molar-refractivity contribution in [2.45, 2.75) is 64.5 Å². The molecule has 4 fully saturated rings. The summed E-state index contributed by atoms with van der Waals surface area (Å²) in [7, 11) is 3.01. The van der Waals surface area contributed by atoms with Gasteiger partial charge in [0.2, 0.25) is 11.9 Å². The molecule has 1 saturated carbocycles. The van der Waals surface area contributed by atoms with Crippen molar-refractivity contribution >= 4 is 69.3 Å². The number of anilines is 4. The number of imide groups is 1. The van der Waals surface area contributed by atoms with E-state index in [1.165, 1.54) is 14.2 Å². The van der Waals surface area contributed by atoms with E-state index in [9.17, 15) is 24.0 Å². The molecule has 1 atom stereocenters. The first-order valence-corrected chi connectivity index (χ1v) is 22.7. The van der Waals surface area contributed by atoms with Gasteiger partial charge in [-0.3, -0.25) is 33.8 Å². The third-order valence-corrected chi connectivity index (χ3v) is 14.0. The number of hydrogen-bond donors (Lipinski definition) is 3. The highest BCUT2D eigenvalue weighted by Gasteiger charge is 2.50. The van der Waals surface area contributed by atoms with Crippen LogP contribution >= 0.6 is 11.6 Å². The smallest absolute Gasteiger partial charge is 0.293 e. The van der Waals surface area contributed by atoms with Gasteiger partial charge < -0.3 is 39.8 Å². The number of rotatable bonds is 12. The van der Waals surface area contributed by atoms with Crippen LogP contribution in [0.1, 0.15) is 79.1 Å². The summed E-state index contributed by atoms with van der Waals surface area (Å²) >= 11 is 6.62. The fourth-order valence-corrected chi connectivity index (χ4v) is 10.4. The quantitative estimate of drug-likeness (QED) is 0.168. The summed E-state index contributed by atoms with van der Waals surface area (Å²) in [6, 6.07) is 10.0. The van der Waals surface area contributed by atoms with Crippen LogP contribution in [0.15, 0.2) is 47.4 Å². The van der Waals surface area contributed by atoms with Gasteiger partial charge in [0.25, 0.3) is 23.3 Å². The molecular formula is C46H55ClN10O7. The Morgan fingerprint density at radius 2 is 1.70 bits per heavy atom. The largest absolute Gasteiger partial charge is 0.496 e. The average Bonchev–Trinajstić information content (AvgIpc) is 3.55. The fourth-order valence-electron chi connectivity index (χ4n) is 10.2. The molecule has 1 unspecified atom stereocenters. The molecule has 6 heterocycles. The van der Waals surface area contributed by atoms with Crippen LogP contribution in [-0.2, 0) is 9.59 Å². The van der Waals surface area contributed by atoms with E-state index in [1.54, 1.807) is 22.9 Å². The lowest BCUT2D eigenvalue weighted by Gasteiger charge is -2.55. The SMILES string of the molecule is CNC(=O)COc1cc2cc(Nc3nc(N4CCN(CC5CCC6(CC5)CN(c5ccc(OC)c7c5C(=O)N(C5CCCNC5=O)C7=O)C6)CC4)ncc3Cl)ccc2n(C(C)C)c1=O. The van der Waals surface area contributed by atoms with Crippen LogP contribution < -0.4 is 40.8 Å². The van der Waals surface area contributed by atoms with Crippen molar-refractivity contribution in [3.63, 3.8) is 0 Å². The number of likely N-dealkylation sites (N-methyl/N-ethyl adjacent to an activating group) is 1. The van der Waals surface area contributed by atoms with Gasteiger partial charge in [-0.25, -0.2) is 4.98 Å². The minimum atomic E-state index is -0.806. The van der Waals surface area contributed by atoms with Crippen LogP contribution in [0.25, 0.3) is 10.9 Å². The second-order valence-electron chi connectivity index (χ2n) is 18.1. The zero-order valence-corrected chi connectivity index (χ0v) is 37.5. The van der Waals surface area contributed by atoms with Gasteiger partial charge >= 0.3 is 0 Å². The zero-order valence-electron chi connectivity index (χ0n) is 36.7. The number of piperidine rings is 1. The molecule has 1 aliphatic carbocycles. The summed E-state index contributed by atoms with van der Waals surface area (Å²) in [6.45, 7) is 10.2. The molecule has 338 valence electrons. The van der Waals surface area contributed by atoms with Crippen molar-refractivity contribution in [3.05, 3.63) is 69.1 Å². The van der Waals surface area contributed by atoms with E-state index in [1.807, 2.05) is 38.1 Å². The van der Waals surface area contributed by atoms with E-state index in [0.717, 1.165) is 93.0 Å². The zero-order chi connectivity index (χ0) is 44.9. The van der Waals surface area contributed by atoms with Gasteiger partial charge in [0.05, 0.1) is 35.6 Å². The van der Waals surface area contributed by atoms with Crippen LogP contribution in [0.4, 0.5) is 23.1 Å². The first kappa shape index (κ1) is 43.3. The standard InChI is InChI=1S/C46H55ClN10O7/c1-27(2)56-32-8-7-30(20-29(32)21-36(42(56)60)64-24-37(58)48-3)51-40-31(47)22-50-45(52-40)54-18-16-53(17-19-54)23-28-11-13-46(14-12-28)25-55(26-46)33-9-10-35(63-4)39-38(33)43(61)57(44(39)62)34-6-5-15-49-41(34)59/h7-10,20-22,27-28,34H,5-6,11-19,23-26H2,1-4H3,(H,48,58)(H,49,59)(H,50,51,52). The van der Waals surface area contributed by atoms with E-state index < -0.39 is 17.9 Å². The molecule has 0 bridgehead atoms. The Morgan fingerprint density at radius 1 is 0.953 bits per heavy atom. The van der Waals surface area contributed by atoms with Crippen LogP contribution in [0.5, 0.6) is 11.5 Å². The average molecular weight is 895 g/mol. The van der Waals surface area contributed by atoms with Gasteiger partial charge in [-0.1, -0.05) is 11.6 Å². The maximum atomic E-state index is 13.9. The Morgan fingerprint density at radius 3 is 2.41 bits per heavy atom. The molecule has 3 N–H and O–H groups in total. The highest BCUT2D eigenvalue weighted by atomic mass is 35.5. The van der Waals surface area contributed by atoms with Crippen molar-refractivity contribution < 1.29 is 28.7 Å². The van der Waals surface area contributed by atoms with Gasteiger partial charge in [-0.15, -0.1) is 0 Å². The molecule has 4 amide bonds. The normalized spacial score (nSPS) is 20.1. The van der Waals surface area contributed by atoms with Crippen molar-refractivity contribution in [3.8, 4) is 11.5 Å². The number of nitrogens with zero attached hydrogens (tertiary/aromatic N) is 7. The summed E-state index contributed by atoms with van der Waals surface area (Å²) in [5.74, 6) is 0.635. The number of nitrogens with one attached hydrogen (secondary N) is 3. The molecule has 5 aliphatic rings. The summed E-state index contributed by atoms with van der Waals surface area (Å²) in [5.41, 5.74) is 2.70. The van der Waals surface area contributed by atoms with Gasteiger partial charge in [-0.2, -0.15) is 4.98 Å². The number of methoxy groups -OCH3 is 1. The molecule has 17 nitrogen and oxygen atoms in total. The highest BCUT2D eigenvalue weighted by Crippen LogP contribution is 2.50. The van der Waals surface area contributed by atoms with Crippen LogP contribution in [0, 0.1) is 11.3 Å². The molecule has 9 rings (SSSR count). The van der Waals surface area contributed by atoms with Gasteiger partial charge in [-0.05, 0) is 94.7 Å². The number of pyridine rings is 1. The molecule has 2 aromatic heterocycles. The Labute approximate surface area is 376 Å². The summed E-state index contributed by atoms with van der Waals surface area (Å²) in [6.07, 6.45) is 7.29. The Hall–Kier alpha value is -5.94. The minimum Gasteiger partial charge on any atom is -0.496 e. The number of piperazine rings is 1. The lowest BCUT2D eigenvalue weighted by molar-refractivity contribution is -0.126. The molecule has 18 heteroatoms. The molecule has 4 aliphatic heterocycles. The minimum absolute atomic E-state index is 0.0927. The number of carbonyl (C=O) groups is 4. The van der Waals surface area contributed by atoms with Crippen molar-refractivity contribution in [1.82, 2.24) is 35.0 Å². The number of aromatic nitrogens is 3. The van der Waals surface area contributed by atoms with Gasteiger partial charge in [0.1, 0.15) is 16.8 Å². The fraction of sp³-hybridized carbons (Fsp3) is 0.500. The molecular weight excluding hydrogens is 840 g/mol. The summed E-state index contributed by atoms with van der Waals surface area (Å²) in [4.78, 5) is 83.0. The molecule has 2 aromatic carbocycles.